The lowest BCUT2D eigenvalue weighted by Crippen LogP contribution is -2.41. The van der Waals surface area contributed by atoms with Crippen molar-refractivity contribution in [3.63, 3.8) is 0 Å². The van der Waals surface area contributed by atoms with Crippen LogP contribution in [0.5, 0.6) is 0 Å². The molecule has 0 saturated carbocycles. The third-order valence-corrected chi connectivity index (χ3v) is 10.1. The van der Waals surface area contributed by atoms with Crippen LogP contribution in [0.4, 0.5) is 5.82 Å². The number of ether oxygens (including phenoxy) is 4. The summed E-state index contributed by atoms with van der Waals surface area (Å²) in [7, 11) is 0. The van der Waals surface area contributed by atoms with Crippen LogP contribution in [0.15, 0.2) is 97.6 Å². The maximum absolute atomic E-state index is 13.8. The molecular formula is C38H23Cl6N5O8. The van der Waals surface area contributed by atoms with Gasteiger partial charge in [-0.3, -0.25) is 9.36 Å². The lowest BCUT2D eigenvalue weighted by molar-refractivity contribution is -0.0606. The number of carbonyl (C=O) groups is 4. The second-order valence-corrected chi connectivity index (χ2v) is 14.7. The zero-order valence-electron chi connectivity index (χ0n) is 28.6. The van der Waals surface area contributed by atoms with Crippen LogP contribution >= 0.6 is 69.6 Å². The molecule has 1 saturated heterocycles. The lowest BCUT2D eigenvalue weighted by Gasteiger charge is -2.25. The number of nitrogens with one attached hydrogen (secondary N) is 1. The molecule has 2 aromatic heterocycles. The Balaban J connectivity index is 1.28. The monoisotopic (exact) mass is 887 g/mol. The first-order chi connectivity index (χ1) is 27.4. The molecule has 0 unspecified atom stereocenters. The number of carbonyl (C=O) groups excluding carboxylic acids is 4. The number of halogens is 6. The van der Waals surface area contributed by atoms with E-state index < -0.39 is 55.0 Å². The van der Waals surface area contributed by atoms with Crippen LogP contribution in [0.3, 0.4) is 0 Å². The van der Waals surface area contributed by atoms with E-state index in [1.54, 1.807) is 30.3 Å². The summed E-state index contributed by atoms with van der Waals surface area (Å²) < 4.78 is 25.5. The van der Waals surface area contributed by atoms with Gasteiger partial charge in [0.1, 0.15) is 19.0 Å². The fourth-order valence-corrected chi connectivity index (χ4v) is 7.26. The minimum Gasteiger partial charge on any atom is -0.459 e. The molecular weight excluding hydrogens is 867 g/mol. The molecule has 4 aromatic carbocycles. The number of fused-ring (bicyclic) bond motifs is 1. The predicted molar refractivity (Wildman–Crippen MR) is 212 cm³/mol. The highest BCUT2D eigenvalue weighted by Crippen LogP contribution is 2.38. The molecule has 0 spiro atoms. The number of rotatable bonds is 10. The number of imidazole rings is 1. The molecule has 0 aliphatic carbocycles. The number of nitrogens with zero attached hydrogens (tertiary/aromatic N) is 4. The average molecular weight is 890 g/mol. The normalized spacial score (nSPS) is 17.6. The Bertz CT molecular complexity index is 2540. The van der Waals surface area contributed by atoms with Gasteiger partial charge in [-0.15, -0.1) is 0 Å². The summed E-state index contributed by atoms with van der Waals surface area (Å²) in [5.41, 5.74) is 0.420. The van der Waals surface area contributed by atoms with Crippen molar-refractivity contribution in [3.05, 3.63) is 150 Å². The lowest BCUT2D eigenvalue weighted by atomic mass is 10.1. The molecule has 290 valence electrons. The zero-order valence-corrected chi connectivity index (χ0v) is 33.1. The molecule has 1 aliphatic heterocycles. The standard InChI is InChI=1S/C38H23Cl6N5O8/c39-19-6-9-22(25(42)12-19)36(51)54-15-28-30(56-37(52)23-10-7-20(40)13-26(23)43)31(57-38(53)24-11-8-21(41)14-27(24)44)35(55-28)49-17-47-29-32(45-16-46-33(29)49)48-34(50)18-4-2-1-3-5-18/h1-14,16-17,28,30-31,35H,15H2,(H,45,46,48,50)/t28-,30+,31-,35+/m0/s1. The van der Waals surface area contributed by atoms with Crippen molar-refractivity contribution in [2.75, 3.05) is 11.9 Å². The molecule has 57 heavy (non-hydrogen) atoms. The van der Waals surface area contributed by atoms with Crippen LogP contribution in [0, 0.1) is 0 Å². The van der Waals surface area contributed by atoms with E-state index in [0.29, 0.717) is 5.56 Å². The number of amides is 1. The fourth-order valence-electron chi connectivity index (χ4n) is 5.81. The Hall–Kier alpha value is -4.99. The minimum absolute atomic E-state index is 0.0140. The molecule has 13 nitrogen and oxygen atoms in total. The van der Waals surface area contributed by atoms with Crippen molar-refractivity contribution < 1.29 is 38.1 Å². The smallest absolute Gasteiger partial charge is 0.340 e. The molecule has 1 aliphatic rings. The summed E-state index contributed by atoms with van der Waals surface area (Å²) in [6, 6.07) is 20.9. The molecule has 3 heterocycles. The number of hydrogen-bond acceptors (Lipinski definition) is 11. The summed E-state index contributed by atoms with van der Waals surface area (Å²) in [4.78, 5) is 67.0. The van der Waals surface area contributed by atoms with E-state index in [2.05, 4.69) is 20.3 Å². The summed E-state index contributed by atoms with van der Waals surface area (Å²) >= 11 is 37.2. The Morgan fingerprint density at radius 3 is 1.77 bits per heavy atom. The van der Waals surface area contributed by atoms with E-state index in [4.69, 9.17) is 88.6 Å². The summed E-state index contributed by atoms with van der Waals surface area (Å²) in [5.74, 6) is -3.20. The molecule has 1 N–H and O–H groups in total. The zero-order chi connectivity index (χ0) is 40.4. The first-order valence-electron chi connectivity index (χ1n) is 16.5. The fraction of sp³-hybridized carbons (Fsp3) is 0.132. The van der Waals surface area contributed by atoms with E-state index in [-0.39, 0.29) is 63.8 Å². The van der Waals surface area contributed by atoms with E-state index in [9.17, 15) is 19.2 Å². The van der Waals surface area contributed by atoms with Gasteiger partial charge in [0.05, 0.1) is 38.1 Å². The number of esters is 3. The first-order valence-corrected chi connectivity index (χ1v) is 18.8. The van der Waals surface area contributed by atoms with Crippen LogP contribution in [-0.2, 0) is 18.9 Å². The number of hydrogen-bond donors (Lipinski definition) is 1. The van der Waals surface area contributed by atoms with Crippen molar-refractivity contribution in [3.8, 4) is 0 Å². The summed E-state index contributed by atoms with van der Waals surface area (Å²) in [6.45, 7) is -0.559. The third-order valence-electron chi connectivity index (χ3n) is 8.50. The highest BCUT2D eigenvalue weighted by Gasteiger charge is 2.52. The van der Waals surface area contributed by atoms with Crippen molar-refractivity contribution in [1.82, 2.24) is 19.5 Å². The largest absolute Gasteiger partial charge is 0.459 e. The van der Waals surface area contributed by atoms with Crippen molar-refractivity contribution in [2.24, 2.45) is 0 Å². The minimum atomic E-state index is -1.52. The predicted octanol–water partition coefficient (Wildman–Crippen LogP) is 9.20. The molecule has 6 aromatic rings. The van der Waals surface area contributed by atoms with Crippen LogP contribution < -0.4 is 5.32 Å². The summed E-state index contributed by atoms with van der Waals surface area (Å²) in [6.07, 6.45) is -3.24. The van der Waals surface area contributed by atoms with Crippen molar-refractivity contribution >= 4 is 110 Å². The summed E-state index contributed by atoms with van der Waals surface area (Å²) in [5, 5.41) is 3.47. The van der Waals surface area contributed by atoms with E-state index in [0.717, 1.165) is 0 Å². The number of benzene rings is 4. The van der Waals surface area contributed by atoms with E-state index >= 15 is 0 Å². The van der Waals surface area contributed by atoms with Gasteiger partial charge in [0.25, 0.3) is 5.91 Å². The third kappa shape index (κ3) is 8.80. The van der Waals surface area contributed by atoms with Gasteiger partial charge in [-0.05, 0) is 66.7 Å². The van der Waals surface area contributed by atoms with E-state index in [1.807, 2.05) is 0 Å². The number of anilines is 1. The highest BCUT2D eigenvalue weighted by molar-refractivity contribution is 6.37. The first kappa shape index (κ1) is 40.2. The van der Waals surface area contributed by atoms with Gasteiger partial charge < -0.3 is 24.3 Å². The van der Waals surface area contributed by atoms with Gasteiger partial charge in [0, 0.05) is 20.6 Å². The topological polar surface area (TPSA) is 161 Å². The van der Waals surface area contributed by atoms with Gasteiger partial charge >= 0.3 is 17.9 Å². The Kier molecular flexibility index (Phi) is 12.2. The highest BCUT2D eigenvalue weighted by atomic mass is 35.5. The molecule has 0 radical (unpaired) electrons. The van der Waals surface area contributed by atoms with Crippen molar-refractivity contribution in [1.29, 1.82) is 0 Å². The Morgan fingerprint density at radius 2 is 1.21 bits per heavy atom. The second kappa shape index (κ2) is 17.2. The van der Waals surface area contributed by atoms with E-state index in [1.165, 1.54) is 71.8 Å². The van der Waals surface area contributed by atoms with Gasteiger partial charge in [-0.25, -0.2) is 29.3 Å². The molecule has 1 amide bonds. The average Bonchev–Trinajstić information content (AvgIpc) is 3.75. The quantitative estimate of drug-likeness (QED) is 0.103. The Labute approximate surface area is 352 Å². The van der Waals surface area contributed by atoms with Crippen LogP contribution in [0.2, 0.25) is 30.1 Å². The van der Waals surface area contributed by atoms with Crippen LogP contribution in [-0.4, -0.2) is 68.3 Å². The van der Waals surface area contributed by atoms with Gasteiger partial charge in [-0.2, -0.15) is 0 Å². The maximum atomic E-state index is 13.8. The molecule has 4 atom stereocenters. The van der Waals surface area contributed by atoms with Gasteiger partial charge in [-0.1, -0.05) is 87.8 Å². The molecule has 1 fully saturated rings. The Morgan fingerprint density at radius 1 is 0.667 bits per heavy atom. The van der Waals surface area contributed by atoms with Gasteiger partial charge in [0.15, 0.2) is 35.4 Å². The maximum Gasteiger partial charge on any atom is 0.340 e. The molecule has 0 bridgehead atoms. The van der Waals surface area contributed by atoms with Crippen molar-refractivity contribution in [2.45, 2.75) is 24.5 Å². The van der Waals surface area contributed by atoms with Crippen LogP contribution in [0.25, 0.3) is 11.2 Å². The molecule has 7 rings (SSSR count). The van der Waals surface area contributed by atoms with Gasteiger partial charge in [0.2, 0.25) is 0 Å². The number of aromatic nitrogens is 4. The SMILES string of the molecule is O=C(Nc1ncnc2c1ncn2[C@@H]1O[C@@H](COC(=O)c2ccc(Cl)cc2Cl)[C@@H](OC(=O)c2ccc(Cl)cc2Cl)[C@@H]1OC(=O)c1ccc(Cl)cc1Cl)c1ccccc1. The van der Waals surface area contributed by atoms with Crippen LogP contribution in [0.1, 0.15) is 47.7 Å². The molecule has 19 heteroatoms. The second-order valence-electron chi connectivity index (χ2n) is 12.1.